The lowest BCUT2D eigenvalue weighted by Gasteiger charge is -2.47. The summed E-state index contributed by atoms with van der Waals surface area (Å²) in [7, 11) is 2.04. The smallest absolute Gasteiger partial charge is 0.158 e. The van der Waals surface area contributed by atoms with Gasteiger partial charge in [0.25, 0.3) is 0 Å². The molecule has 1 aliphatic carbocycles. The van der Waals surface area contributed by atoms with Crippen molar-refractivity contribution in [3.05, 3.63) is 18.1 Å². The minimum absolute atomic E-state index is 0.367. The van der Waals surface area contributed by atoms with Crippen LogP contribution in [0.2, 0.25) is 0 Å². The predicted octanol–water partition coefficient (Wildman–Crippen LogP) is 1.97. The molecule has 0 amide bonds. The van der Waals surface area contributed by atoms with Crippen molar-refractivity contribution in [2.24, 2.45) is 5.41 Å². The molecule has 2 rings (SSSR count). The van der Waals surface area contributed by atoms with E-state index in [4.69, 9.17) is 5.26 Å². The van der Waals surface area contributed by atoms with E-state index in [2.05, 4.69) is 28.7 Å². The standard InChI is InChI=1S/C12H16N4/c1-12(2)4-10(5-12)16(3)11-8-14-9(6-13)7-15-11/h7-8,10H,4-5H2,1-3H3. The molecule has 1 aliphatic rings. The minimum atomic E-state index is 0.367. The van der Waals surface area contributed by atoms with Crippen LogP contribution < -0.4 is 4.90 Å². The lowest BCUT2D eigenvalue weighted by molar-refractivity contribution is 0.150. The predicted molar refractivity (Wildman–Crippen MR) is 62.0 cm³/mol. The molecule has 84 valence electrons. The van der Waals surface area contributed by atoms with Crippen LogP contribution in [0.4, 0.5) is 5.82 Å². The zero-order valence-corrected chi connectivity index (χ0v) is 9.94. The van der Waals surface area contributed by atoms with Gasteiger partial charge in [-0.1, -0.05) is 13.8 Å². The highest BCUT2D eigenvalue weighted by Gasteiger charge is 2.38. The summed E-state index contributed by atoms with van der Waals surface area (Å²) in [6.07, 6.45) is 5.57. The summed E-state index contributed by atoms with van der Waals surface area (Å²) in [4.78, 5) is 10.4. The van der Waals surface area contributed by atoms with Crippen LogP contribution in [0.3, 0.4) is 0 Å². The van der Waals surface area contributed by atoms with Crippen LogP contribution in [-0.4, -0.2) is 23.1 Å². The van der Waals surface area contributed by atoms with Crippen molar-refractivity contribution >= 4 is 5.82 Å². The molecule has 0 aromatic carbocycles. The summed E-state index contributed by atoms with van der Waals surface area (Å²) in [5, 5.41) is 8.64. The van der Waals surface area contributed by atoms with Gasteiger partial charge >= 0.3 is 0 Å². The van der Waals surface area contributed by atoms with Crippen molar-refractivity contribution in [2.75, 3.05) is 11.9 Å². The Balaban J connectivity index is 2.05. The van der Waals surface area contributed by atoms with Gasteiger partial charge in [-0.25, -0.2) is 9.97 Å². The van der Waals surface area contributed by atoms with Crippen molar-refractivity contribution in [1.82, 2.24) is 9.97 Å². The van der Waals surface area contributed by atoms with Gasteiger partial charge in [-0.3, -0.25) is 0 Å². The Morgan fingerprint density at radius 3 is 2.50 bits per heavy atom. The number of hydrogen-bond donors (Lipinski definition) is 0. The van der Waals surface area contributed by atoms with E-state index in [-0.39, 0.29) is 0 Å². The van der Waals surface area contributed by atoms with Gasteiger partial charge in [-0.05, 0) is 18.3 Å². The van der Waals surface area contributed by atoms with Gasteiger partial charge in [0, 0.05) is 13.1 Å². The summed E-state index contributed by atoms with van der Waals surface area (Å²) in [6, 6.07) is 2.52. The average Bonchev–Trinajstić information content (AvgIpc) is 2.25. The lowest BCUT2D eigenvalue weighted by Crippen LogP contribution is -2.47. The Hall–Kier alpha value is -1.63. The van der Waals surface area contributed by atoms with E-state index < -0.39 is 0 Å². The van der Waals surface area contributed by atoms with E-state index in [0.29, 0.717) is 17.2 Å². The maximum atomic E-state index is 8.64. The van der Waals surface area contributed by atoms with Crippen LogP contribution in [-0.2, 0) is 0 Å². The molecular formula is C12H16N4. The monoisotopic (exact) mass is 216 g/mol. The quantitative estimate of drug-likeness (QED) is 0.758. The normalized spacial score (nSPS) is 18.6. The second-order valence-corrected chi connectivity index (χ2v) is 5.21. The molecule has 0 bridgehead atoms. The van der Waals surface area contributed by atoms with Gasteiger partial charge in [0.2, 0.25) is 0 Å². The summed E-state index contributed by atoms with van der Waals surface area (Å²) in [5.41, 5.74) is 0.824. The third-order valence-corrected chi connectivity index (χ3v) is 3.24. The fourth-order valence-corrected chi connectivity index (χ4v) is 2.24. The zero-order valence-electron chi connectivity index (χ0n) is 9.94. The summed E-state index contributed by atoms with van der Waals surface area (Å²) < 4.78 is 0. The molecule has 0 aliphatic heterocycles. The van der Waals surface area contributed by atoms with Crippen LogP contribution in [0.15, 0.2) is 12.4 Å². The molecule has 0 saturated heterocycles. The molecule has 16 heavy (non-hydrogen) atoms. The van der Waals surface area contributed by atoms with Gasteiger partial charge in [-0.15, -0.1) is 0 Å². The van der Waals surface area contributed by atoms with Crippen molar-refractivity contribution in [3.63, 3.8) is 0 Å². The molecule has 4 heteroatoms. The highest BCUT2D eigenvalue weighted by Crippen LogP contribution is 2.43. The zero-order chi connectivity index (χ0) is 11.8. The fourth-order valence-electron chi connectivity index (χ4n) is 2.24. The van der Waals surface area contributed by atoms with Crippen LogP contribution in [0.25, 0.3) is 0 Å². The highest BCUT2D eigenvalue weighted by atomic mass is 15.2. The molecule has 4 nitrogen and oxygen atoms in total. The molecule has 1 saturated carbocycles. The number of hydrogen-bond acceptors (Lipinski definition) is 4. The first-order valence-electron chi connectivity index (χ1n) is 5.47. The van der Waals surface area contributed by atoms with E-state index in [9.17, 15) is 0 Å². The Kier molecular flexibility index (Phi) is 2.55. The van der Waals surface area contributed by atoms with Crippen molar-refractivity contribution < 1.29 is 0 Å². The first-order valence-corrected chi connectivity index (χ1v) is 5.47. The molecular weight excluding hydrogens is 200 g/mol. The Morgan fingerprint density at radius 2 is 2.06 bits per heavy atom. The fraction of sp³-hybridized carbons (Fsp3) is 0.583. The van der Waals surface area contributed by atoms with Crippen LogP contribution in [0.1, 0.15) is 32.4 Å². The SMILES string of the molecule is CN(c1cnc(C#N)cn1)C1CC(C)(C)C1. The summed E-state index contributed by atoms with van der Waals surface area (Å²) in [6.45, 7) is 4.56. The molecule has 0 unspecified atom stereocenters. The number of aromatic nitrogens is 2. The third kappa shape index (κ3) is 1.99. The Bertz CT molecular complexity index is 408. The number of anilines is 1. The lowest BCUT2D eigenvalue weighted by atomic mass is 9.68. The third-order valence-electron chi connectivity index (χ3n) is 3.24. The number of nitrogens with zero attached hydrogens (tertiary/aromatic N) is 4. The van der Waals surface area contributed by atoms with Crippen molar-refractivity contribution in [2.45, 2.75) is 32.7 Å². The molecule has 0 spiro atoms. The van der Waals surface area contributed by atoms with E-state index >= 15 is 0 Å². The maximum Gasteiger partial charge on any atom is 0.158 e. The Labute approximate surface area is 95.9 Å². The van der Waals surface area contributed by atoms with Crippen molar-refractivity contribution in [1.29, 1.82) is 5.26 Å². The Morgan fingerprint density at radius 1 is 1.38 bits per heavy atom. The number of rotatable bonds is 2. The van der Waals surface area contributed by atoms with E-state index in [1.807, 2.05) is 13.1 Å². The van der Waals surface area contributed by atoms with E-state index in [1.54, 1.807) is 6.20 Å². The summed E-state index contributed by atoms with van der Waals surface area (Å²) in [5.74, 6) is 0.847. The first-order chi connectivity index (χ1) is 7.52. The van der Waals surface area contributed by atoms with E-state index in [1.165, 1.54) is 19.0 Å². The van der Waals surface area contributed by atoms with E-state index in [0.717, 1.165) is 5.82 Å². The topological polar surface area (TPSA) is 52.8 Å². The largest absolute Gasteiger partial charge is 0.355 e. The van der Waals surface area contributed by atoms with Crippen LogP contribution in [0, 0.1) is 16.7 Å². The highest BCUT2D eigenvalue weighted by molar-refractivity contribution is 5.38. The first kappa shape index (κ1) is 10.9. The molecule has 0 N–H and O–H groups in total. The van der Waals surface area contributed by atoms with Gasteiger partial charge < -0.3 is 4.90 Å². The van der Waals surface area contributed by atoms with Crippen molar-refractivity contribution in [3.8, 4) is 6.07 Å². The number of nitriles is 1. The minimum Gasteiger partial charge on any atom is -0.355 e. The molecule has 1 heterocycles. The van der Waals surface area contributed by atoms with Crippen LogP contribution >= 0.6 is 0 Å². The van der Waals surface area contributed by atoms with Gasteiger partial charge in [0.15, 0.2) is 5.69 Å². The maximum absolute atomic E-state index is 8.64. The summed E-state index contributed by atoms with van der Waals surface area (Å²) >= 11 is 0. The second-order valence-electron chi connectivity index (χ2n) is 5.21. The van der Waals surface area contributed by atoms with Gasteiger partial charge in [0.1, 0.15) is 11.9 Å². The molecule has 1 aromatic heterocycles. The van der Waals surface area contributed by atoms with Gasteiger partial charge in [0.05, 0.1) is 12.4 Å². The van der Waals surface area contributed by atoms with Gasteiger partial charge in [-0.2, -0.15) is 5.26 Å². The molecule has 1 aromatic rings. The molecule has 0 radical (unpaired) electrons. The second kappa shape index (κ2) is 3.75. The molecule has 1 fully saturated rings. The van der Waals surface area contributed by atoms with Crippen LogP contribution in [0.5, 0.6) is 0 Å². The average molecular weight is 216 g/mol. The molecule has 0 atom stereocenters.